The van der Waals surface area contributed by atoms with Gasteiger partial charge in [-0.05, 0) is 41.9 Å². The molecule has 0 bridgehead atoms. The minimum Gasteiger partial charge on any atom is -0.423 e. The molecular formula is C9H12BNO2. The quantitative estimate of drug-likeness (QED) is 0.433. The first kappa shape index (κ1) is 8.60. The van der Waals surface area contributed by atoms with Crippen LogP contribution in [0.4, 0.5) is 5.69 Å². The molecule has 0 atom stereocenters. The Bertz CT molecular complexity index is 323. The van der Waals surface area contributed by atoms with E-state index in [-0.39, 0.29) is 0 Å². The molecule has 4 heteroatoms. The van der Waals surface area contributed by atoms with E-state index in [9.17, 15) is 0 Å². The van der Waals surface area contributed by atoms with Gasteiger partial charge in [-0.3, -0.25) is 0 Å². The lowest BCUT2D eigenvalue weighted by Gasteiger charge is -2.08. The Labute approximate surface area is 77.3 Å². The first-order valence-electron chi connectivity index (χ1n) is 4.44. The number of rotatable bonds is 2. The van der Waals surface area contributed by atoms with Gasteiger partial charge in [-0.1, -0.05) is 6.07 Å². The van der Waals surface area contributed by atoms with Gasteiger partial charge in [-0.2, -0.15) is 0 Å². The molecule has 0 unspecified atom stereocenters. The van der Waals surface area contributed by atoms with Crippen molar-refractivity contribution in [1.29, 1.82) is 0 Å². The van der Waals surface area contributed by atoms with Crippen LogP contribution in [-0.4, -0.2) is 17.2 Å². The lowest BCUT2D eigenvalue weighted by atomic mass is 9.75. The van der Waals surface area contributed by atoms with Crippen LogP contribution in [-0.2, 0) is 0 Å². The maximum Gasteiger partial charge on any atom is 0.488 e. The van der Waals surface area contributed by atoms with Gasteiger partial charge in [0.2, 0.25) is 0 Å². The maximum absolute atomic E-state index is 9.11. The molecule has 0 aliphatic heterocycles. The van der Waals surface area contributed by atoms with Crippen molar-refractivity contribution in [3.63, 3.8) is 0 Å². The largest absolute Gasteiger partial charge is 0.488 e. The monoisotopic (exact) mass is 177 g/mol. The average molecular weight is 177 g/mol. The summed E-state index contributed by atoms with van der Waals surface area (Å²) in [7, 11) is -1.40. The smallest absolute Gasteiger partial charge is 0.423 e. The van der Waals surface area contributed by atoms with Gasteiger partial charge in [0.05, 0.1) is 0 Å². The van der Waals surface area contributed by atoms with E-state index >= 15 is 0 Å². The molecular weight excluding hydrogens is 165 g/mol. The molecule has 4 N–H and O–H groups in total. The predicted octanol–water partition coefficient (Wildman–Crippen LogP) is -0.174. The Kier molecular flexibility index (Phi) is 2.02. The number of nitrogen functional groups attached to an aromatic ring is 1. The normalized spacial score (nSPS) is 15.8. The fourth-order valence-corrected chi connectivity index (χ4v) is 1.58. The molecule has 0 radical (unpaired) electrons. The van der Waals surface area contributed by atoms with Crippen molar-refractivity contribution in [2.24, 2.45) is 0 Å². The fourth-order valence-electron chi connectivity index (χ4n) is 1.58. The topological polar surface area (TPSA) is 66.5 Å². The third kappa shape index (κ3) is 1.69. The molecule has 1 aliphatic carbocycles. The fraction of sp³-hybridized carbons (Fsp3) is 0.333. The minimum atomic E-state index is -1.40. The second-order valence-corrected chi connectivity index (χ2v) is 3.54. The summed E-state index contributed by atoms with van der Waals surface area (Å²) in [4.78, 5) is 0. The van der Waals surface area contributed by atoms with Crippen LogP contribution in [0.2, 0.25) is 0 Å². The van der Waals surface area contributed by atoms with Gasteiger partial charge in [0.15, 0.2) is 0 Å². The van der Waals surface area contributed by atoms with E-state index in [0.29, 0.717) is 17.1 Å². The molecule has 1 fully saturated rings. The van der Waals surface area contributed by atoms with E-state index in [1.54, 1.807) is 12.1 Å². The predicted molar refractivity (Wildman–Crippen MR) is 52.7 cm³/mol. The lowest BCUT2D eigenvalue weighted by molar-refractivity contribution is 0.425. The highest BCUT2D eigenvalue weighted by molar-refractivity contribution is 6.59. The summed E-state index contributed by atoms with van der Waals surface area (Å²) in [6.07, 6.45) is 2.28. The number of hydrogen-bond acceptors (Lipinski definition) is 3. The van der Waals surface area contributed by atoms with Gasteiger partial charge in [-0.25, -0.2) is 0 Å². The first-order chi connectivity index (χ1) is 6.18. The van der Waals surface area contributed by atoms with Crippen molar-refractivity contribution >= 4 is 18.3 Å². The second-order valence-electron chi connectivity index (χ2n) is 3.54. The Morgan fingerprint density at radius 2 is 2.00 bits per heavy atom. The SMILES string of the molecule is Nc1ccc(C2CC2)c(B(O)O)c1. The molecule has 3 nitrogen and oxygen atoms in total. The van der Waals surface area contributed by atoms with Gasteiger partial charge in [0.1, 0.15) is 0 Å². The number of anilines is 1. The molecule has 0 aromatic heterocycles. The van der Waals surface area contributed by atoms with Gasteiger partial charge in [-0.15, -0.1) is 0 Å². The molecule has 13 heavy (non-hydrogen) atoms. The number of benzene rings is 1. The van der Waals surface area contributed by atoms with Gasteiger partial charge in [0, 0.05) is 5.69 Å². The molecule has 0 amide bonds. The molecule has 0 saturated heterocycles. The summed E-state index contributed by atoms with van der Waals surface area (Å²) in [5, 5.41) is 18.2. The third-order valence-corrected chi connectivity index (χ3v) is 2.41. The highest BCUT2D eigenvalue weighted by Gasteiger charge is 2.29. The van der Waals surface area contributed by atoms with Gasteiger partial charge in [0.25, 0.3) is 0 Å². The molecule has 68 valence electrons. The summed E-state index contributed by atoms with van der Waals surface area (Å²) in [6.45, 7) is 0. The second kappa shape index (κ2) is 3.05. The van der Waals surface area contributed by atoms with E-state index in [0.717, 1.165) is 18.4 Å². The molecule has 0 heterocycles. The van der Waals surface area contributed by atoms with Crippen LogP contribution >= 0.6 is 0 Å². The van der Waals surface area contributed by atoms with Crippen LogP contribution in [0, 0.1) is 0 Å². The van der Waals surface area contributed by atoms with E-state index in [1.807, 2.05) is 6.07 Å². The molecule has 1 aromatic carbocycles. The van der Waals surface area contributed by atoms with Crippen LogP contribution in [0.15, 0.2) is 18.2 Å². The van der Waals surface area contributed by atoms with Crippen LogP contribution in [0.5, 0.6) is 0 Å². The zero-order chi connectivity index (χ0) is 9.42. The summed E-state index contributed by atoms with van der Waals surface area (Å²) in [5.74, 6) is 0.511. The summed E-state index contributed by atoms with van der Waals surface area (Å²) in [6, 6.07) is 5.33. The first-order valence-corrected chi connectivity index (χ1v) is 4.44. The lowest BCUT2D eigenvalue weighted by Crippen LogP contribution is -2.33. The van der Waals surface area contributed by atoms with Crippen molar-refractivity contribution in [3.8, 4) is 0 Å². The van der Waals surface area contributed by atoms with Crippen LogP contribution in [0.3, 0.4) is 0 Å². The molecule has 1 aliphatic rings. The van der Waals surface area contributed by atoms with Crippen molar-refractivity contribution in [2.45, 2.75) is 18.8 Å². The standard InChI is InChI=1S/C9H12BNO2/c11-7-3-4-8(6-1-2-6)9(5-7)10(12)13/h3-6,12-13H,1-2,11H2. The maximum atomic E-state index is 9.11. The van der Waals surface area contributed by atoms with Crippen molar-refractivity contribution < 1.29 is 10.0 Å². The Morgan fingerprint density at radius 3 is 2.54 bits per heavy atom. The van der Waals surface area contributed by atoms with E-state index in [4.69, 9.17) is 15.8 Å². The zero-order valence-electron chi connectivity index (χ0n) is 7.27. The third-order valence-electron chi connectivity index (χ3n) is 2.41. The molecule has 0 spiro atoms. The van der Waals surface area contributed by atoms with E-state index in [2.05, 4.69) is 0 Å². The summed E-state index contributed by atoms with van der Waals surface area (Å²) < 4.78 is 0. The van der Waals surface area contributed by atoms with Crippen LogP contribution < -0.4 is 11.2 Å². The summed E-state index contributed by atoms with van der Waals surface area (Å²) >= 11 is 0. The van der Waals surface area contributed by atoms with Crippen molar-refractivity contribution in [3.05, 3.63) is 23.8 Å². The van der Waals surface area contributed by atoms with Gasteiger partial charge < -0.3 is 15.8 Å². The summed E-state index contributed by atoms with van der Waals surface area (Å²) in [5.41, 5.74) is 7.73. The Balaban J connectivity index is 2.41. The van der Waals surface area contributed by atoms with Crippen molar-refractivity contribution in [2.75, 3.05) is 5.73 Å². The zero-order valence-corrected chi connectivity index (χ0v) is 7.27. The average Bonchev–Trinajstić information content (AvgIpc) is 2.87. The number of hydrogen-bond donors (Lipinski definition) is 3. The molecule has 1 aromatic rings. The van der Waals surface area contributed by atoms with Crippen LogP contribution in [0.25, 0.3) is 0 Å². The molecule has 1 saturated carbocycles. The van der Waals surface area contributed by atoms with Crippen molar-refractivity contribution in [1.82, 2.24) is 0 Å². The Hall–Kier alpha value is -0.995. The van der Waals surface area contributed by atoms with Crippen LogP contribution in [0.1, 0.15) is 24.3 Å². The highest BCUT2D eigenvalue weighted by atomic mass is 16.4. The Morgan fingerprint density at radius 1 is 1.31 bits per heavy atom. The van der Waals surface area contributed by atoms with E-state index < -0.39 is 7.12 Å². The number of nitrogens with two attached hydrogens (primary N) is 1. The molecule has 2 rings (SSSR count). The minimum absolute atomic E-state index is 0.511. The highest BCUT2D eigenvalue weighted by Crippen LogP contribution is 2.39. The van der Waals surface area contributed by atoms with E-state index in [1.165, 1.54) is 0 Å². The van der Waals surface area contributed by atoms with Gasteiger partial charge >= 0.3 is 7.12 Å².